The first kappa shape index (κ1) is 10.3. The zero-order valence-corrected chi connectivity index (χ0v) is 8.89. The van der Waals surface area contributed by atoms with E-state index in [1.165, 1.54) is 24.4 Å². The van der Waals surface area contributed by atoms with Crippen LogP contribution in [0.2, 0.25) is 5.02 Å². The molecule has 0 radical (unpaired) electrons. The van der Waals surface area contributed by atoms with E-state index in [4.69, 9.17) is 11.6 Å². The Morgan fingerprint density at radius 1 is 1.27 bits per heavy atom. The van der Waals surface area contributed by atoms with Crippen LogP contribution in [-0.2, 0) is 10.2 Å². The van der Waals surface area contributed by atoms with E-state index in [0.717, 1.165) is 6.07 Å². The fourth-order valence-electron chi connectivity index (χ4n) is 1.32. The van der Waals surface area contributed by atoms with Crippen molar-refractivity contribution < 1.29 is 12.3 Å². The van der Waals surface area contributed by atoms with Gasteiger partial charge in [-0.1, -0.05) is 11.6 Å². The van der Waals surface area contributed by atoms with Crippen LogP contribution in [0.3, 0.4) is 0 Å². The SMILES string of the molecule is O=S(=O)(F)c1ccc(Cl)c2ncccc12. The summed E-state index contributed by atoms with van der Waals surface area (Å²) in [6.45, 7) is 0. The molecule has 1 aromatic carbocycles. The Hall–Kier alpha value is -1.20. The minimum atomic E-state index is -4.74. The van der Waals surface area contributed by atoms with Crippen LogP contribution in [0.4, 0.5) is 3.89 Å². The summed E-state index contributed by atoms with van der Waals surface area (Å²) in [5.41, 5.74) is 0.276. The largest absolute Gasteiger partial charge is 0.332 e. The smallest absolute Gasteiger partial charge is 0.255 e. The molecule has 0 spiro atoms. The molecule has 0 unspecified atom stereocenters. The molecule has 0 aliphatic carbocycles. The van der Waals surface area contributed by atoms with Crippen molar-refractivity contribution in [1.82, 2.24) is 4.98 Å². The summed E-state index contributed by atoms with van der Waals surface area (Å²) >= 11 is 5.80. The van der Waals surface area contributed by atoms with Crippen LogP contribution >= 0.6 is 11.6 Å². The zero-order valence-electron chi connectivity index (χ0n) is 7.31. The van der Waals surface area contributed by atoms with E-state index in [9.17, 15) is 12.3 Å². The molecule has 0 amide bonds. The third kappa shape index (κ3) is 1.80. The number of rotatable bonds is 1. The van der Waals surface area contributed by atoms with Gasteiger partial charge in [0.1, 0.15) is 4.90 Å². The first-order chi connectivity index (χ1) is 7.00. The molecule has 6 heteroatoms. The van der Waals surface area contributed by atoms with E-state index >= 15 is 0 Å². The van der Waals surface area contributed by atoms with E-state index in [2.05, 4.69) is 4.98 Å². The Labute approximate surface area is 90.7 Å². The van der Waals surface area contributed by atoms with Crippen LogP contribution in [0.15, 0.2) is 35.4 Å². The van der Waals surface area contributed by atoms with Crippen LogP contribution in [0.25, 0.3) is 10.9 Å². The van der Waals surface area contributed by atoms with Crippen molar-refractivity contribution in [1.29, 1.82) is 0 Å². The van der Waals surface area contributed by atoms with Gasteiger partial charge in [-0.25, -0.2) is 0 Å². The quantitative estimate of drug-likeness (QED) is 0.726. The van der Waals surface area contributed by atoms with E-state index in [1.54, 1.807) is 0 Å². The van der Waals surface area contributed by atoms with Gasteiger partial charge >= 0.3 is 10.2 Å². The summed E-state index contributed by atoms with van der Waals surface area (Å²) < 4.78 is 34.5. The number of benzene rings is 1. The predicted octanol–water partition coefficient (Wildman–Crippen LogP) is 2.55. The van der Waals surface area contributed by atoms with Crippen molar-refractivity contribution in [2.45, 2.75) is 4.90 Å². The van der Waals surface area contributed by atoms with Crippen molar-refractivity contribution in [2.75, 3.05) is 0 Å². The molecule has 0 aliphatic rings. The highest BCUT2D eigenvalue weighted by Crippen LogP contribution is 2.28. The Morgan fingerprint density at radius 2 is 2.00 bits per heavy atom. The topological polar surface area (TPSA) is 47.0 Å². The number of nitrogens with zero attached hydrogens (tertiary/aromatic N) is 1. The number of fused-ring (bicyclic) bond motifs is 1. The maximum atomic E-state index is 12.9. The standard InChI is InChI=1S/C9H5ClFNO2S/c10-7-3-4-8(15(11,13)14)6-2-1-5-12-9(6)7/h1-5H. The summed E-state index contributed by atoms with van der Waals surface area (Å²) in [5.74, 6) is 0. The summed E-state index contributed by atoms with van der Waals surface area (Å²) in [5, 5.41) is 0.477. The maximum Gasteiger partial charge on any atom is 0.332 e. The monoisotopic (exact) mass is 245 g/mol. The first-order valence-corrected chi connectivity index (χ1v) is 5.74. The lowest BCUT2D eigenvalue weighted by atomic mass is 10.2. The average Bonchev–Trinajstić information content (AvgIpc) is 2.17. The highest BCUT2D eigenvalue weighted by Gasteiger charge is 2.17. The Morgan fingerprint density at radius 3 is 2.67 bits per heavy atom. The molecule has 2 aromatic rings. The molecule has 0 bridgehead atoms. The van der Waals surface area contributed by atoms with Crippen molar-refractivity contribution in [3.63, 3.8) is 0 Å². The molecule has 0 saturated heterocycles. The van der Waals surface area contributed by atoms with Gasteiger partial charge in [-0.3, -0.25) is 4.98 Å². The Balaban J connectivity index is 2.96. The molecule has 1 heterocycles. The zero-order chi connectivity index (χ0) is 11.1. The average molecular weight is 246 g/mol. The lowest BCUT2D eigenvalue weighted by molar-refractivity contribution is 0.553. The van der Waals surface area contributed by atoms with Crippen molar-refractivity contribution in [3.05, 3.63) is 35.5 Å². The molecule has 15 heavy (non-hydrogen) atoms. The van der Waals surface area contributed by atoms with Crippen LogP contribution in [-0.4, -0.2) is 13.4 Å². The highest BCUT2D eigenvalue weighted by molar-refractivity contribution is 7.86. The van der Waals surface area contributed by atoms with Crippen LogP contribution in [0, 0.1) is 0 Å². The van der Waals surface area contributed by atoms with Gasteiger partial charge in [0, 0.05) is 11.6 Å². The van der Waals surface area contributed by atoms with Crippen molar-refractivity contribution >= 4 is 32.7 Å². The molecule has 1 aromatic heterocycles. The molecule has 2 rings (SSSR count). The lowest BCUT2D eigenvalue weighted by Gasteiger charge is -2.02. The molecule has 3 nitrogen and oxygen atoms in total. The summed E-state index contributed by atoms with van der Waals surface area (Å²) in [6, 6.07) is 5.42. The van der Waals surface area contributed by atoms with Gasteiger partial charge in [0.15, 0.2) is 0 Å². The number of pyridine rings is 1. The minimum absolute atomic E-state index is 0.188. The van der Waals surface area contributed by atoms with Crippen LogP contribution in [0.1, 0.15) is 0 Å². The second-order valence-electron chi connectivity index (χ2n) is 2.88. The third-order valence-electron chi connectivity index (χ3n) is 1.94. The molecular formula is C9H5ClFNO2S. The van der Waals surface area contributed by atoms with Crippen molar-refractivity contribution in [3.8, 4) is 0 Å². The first-order valence-electron chi connectivity index (χ1n) is 3.98. The fourth-order valence-corrected chi connectivity index (χ4v) is 2.20. The van der Waals surface area contributed by atoms with Gasteiger partial charge in [0.2, 0.25) is 0 Å². The number of aromatic nitrogens is 1. The molecule has 0 saturated carbocycles. The number of hydrogen-bond donors (Lipinski definition) is 0. The number of halogens is 2. The molecular weight excluding hydrogens is 241 g/mol. The van der Waals surface area contributed by atoms with Gasteiger partial charge in [0.05, 0.1) is 10.5 Å². The van der Waals surface area contributed by atoms with Gasteiger partial charge in [-0.2, -0.15) is 8.42 Å². The molecule has 0 atom stereocenters. The van der Waals surface area contributed by atoms with Crippen LogP contribution < -0.4 is 0 Å². The molecule has 0 N–H and O–H groups in total. The van der Waals surface area contributed by atoms with Crippen molar-refractivity contribution in [2.24, 2.45) is 0 Å². The maximum absolute atomic E-state index is 12.9. The van der Waals surface area contributed by atoms with E-state index in [1.807, 2.05) is 0 Å². The highest BCUT2D eigenvalue weighted by atomic mass is 35.5. The molecule has 0 aliphatic heterocycles. The van der Waals surface area contributed by atoms with E-state index < -0.39 is 15.1 Å². The second kappa shape index (κ2) is 3.43. The lowest BCUT2D eigenvalue weighted by Crippen LogP contribution is -1.94. The summed E-state index contributed by atoms with van der Waals surface area (Å²) in [7, 11) is -4.74. The number of hydrogen-bond acceptors (Lipinski definition) is 3. The Bertz CT molecular complexity index is 627. The van der Waals surface area contributed by atoms with Gasteiger partial charge in [0.25, 0.3) is 0 Å². The second-order valence-corrected chi connectivity index (χ2v) is 4.61. The molecule has 78 valence electrons. The summed E-state index contributed by atoms with van der Waals surface area (Å²) in [4.78, 5) is 3.48. The van der Waals surface area contributed by atoms with Gasteiger partial charge < -0.3 is 0 Å². The normalized spacial score (nSPS) is 11.9. The minimum Gasteiger partial charge on any atom is -0.255 e. The summed E-state index contributed by atoms with van der Waals surface area (Å²) in [6.07, 6.45) is 1.46. The molecule has 0 fully saturated rings. The predicted molar refractivity (Wildman–Crippen MR) is 55.0 cm³/mol. The third-order valence-corrected chi connectivity index (χ3v) is 3.13. The van der Waals surface area contributed by atoms with Gasteiger partial charge in [-0.15, -0.1) is 3.89 Å². The van der Waals surface area contributed by atoms with E-state index in [0.29, 0.717) is 0 Å². The Kier molecular flexibility index (Phi) is 2.36. The van der Waals surface area contributed by atoms with Crippen LogP contribution in [0.5, 0.6) is 0 Å². The van der Waals surface area contributed by atoms with E-state index in [-0.39, 0.29) is 15.9 Å². The fraction of sp³-hybridized carbons (Fsp3) is 0. The van der Waals surface area contributed by atoms with Gasteiger partial charge in [-0.05, 0) is 24.3 Å².